The van der Waals surface area contributed by atoms with Gasteiger partial charge in [-0.2, -0.15) is 5.26 Å². The van der Waals surface area contributed by atoms with E-state index >= 15 is 0 Å². The van der Waals surface area contributed by atoms with Gasteiger partial charge in [0.25, 0.3) is 0 Å². The van der Waals surface area contributed by atoms with E-state index in [2.05, 4.69) is 16.4 Å². The smallest absolute Gasteiger partial charge is 0.336 e. The number of nitrogens with one attached hydrogen (secondary N) is 1. The zero-order valence-corrected chi connectivity index (χ0v) is 25.4. The number of nitriles is 1. The summed E-state index contributed by atoms with van der Waals surface area (Å²) in [7, 11) is 1.60. The average molecular weight is 623 g/mol. The van der Waals surface area contributed by atoms with Crippen LogP contribution in [0, 0.1) is 11.3 Å². The van der Waals surface area contributed by atoms with Gasteiger partial charge in [-0.3, -0.25) is 4.79 Å². The number of thioether (sulfide) groups is 1. The molecule has 0 fully saturated rings. The summed E-state index contributed by atoms with van der Waals surface area (Å²) >= 11 is 1.21. The normalized spacial score (nSPS) is 11.4. The van der Waals surface area contributed by atoms with E-state index < -0.39 is 11.2 Å². The third kappa shape index (κ3) is 6.43. The van der Waals surface area contributed by atoms with Gasteiger partial charge in [0, 0.05) is 22.2 Å². The second kappa shape index (κ2) is 13.3. The van der Waals surface area contributed by atoms with Gasteiger partial charge in [-0.05, 0) is 66.2 Å². The zero-order valence-electron chi connectivity index (χ0n) is 24.5. The number of ether oxygens (including phenoxy) is 1. The lowest BCUT2D eigenvalue weighted by Crippen LogP contribution is -2.19. The molecule has 0 saturated heterocycles. The molecule has 4 aromatic carbocycles. The predicted molar refractivity (Wildman–Crippen MR) is 179 cm³/mol. The van der Waals surface area contributed by atoms with Crippen LogP contribution in [0.25, 0.3) is 33.4 Å². The van der Waals surface area contributed by atoms with Crippen LogP contribution in [0.3, 0.4) is 0 Å². The van der Waals surface area contributed by atoms with Gasteiger partial charge in [0.15, 0.2) is 0 Å². The number of anilines is 1. The zero-order chi connectivity index (χ0) is 32.0. The predicted octanol–water partition coefficient (Wildman–Crippen LogP) is 8.01. The van der Waals surface area contributed by atoms with Crippen molar-refractivity contribution >= 4 is 40.2 Å². The molecule has 9 heteroatoms. The molecule has 6 rings (SSSR count). The lowest BCUT2D eigenvalue weighted by molar-refractivity contribution is -0.115. The number of aromatic nitrogens is 2. The van der Waals surface area contributed by atoms with Gasteiger partial charge in [-0.25, -0.2) is 14.8 Å². The minimum atomic E-state index is -1.03. The van der Waals surface area contributed by atoms with E-state index in [0.717, 1.165) is 16.9 Å². The number of aromatic carboxylic acids is 1. The van der Waals surface area contributed by atoms with Crippen LogP contribution in [0.2, 0.25) is 0 Å². The van der Waals surface area contributed by atoms with Crippen LogP contribution in [0.1, 0.15) is 26.7 Å². The number of pyridine rings is 2. The monoisotopic (exact) mass is 622 g/mol. The quantitative estimate of drug-likeness (QED) is 0.155. The summed E-state index contributed by atoms with van der Waals surface area (Å²) in [6.07, 6.45) is 0. The maximum Gasteiger partial charge on any atom is 0.336 e. The molecule has 0 radical (unpaired) electrons. The third-order valence-corrected chi connectivity index (χ3v) is 8.59. The maximum atomic E-state index is 13.8. The Morgan fingerprint density at radius 3 is 2.20 bits per heavy atom. The number of carboxylic acid groups (broad SMARTS) is 1. The van der Waals surface area contributed by atoms with Crippen LogP contribution in [0.5, 0.6) is 5.75 Å². The second-order valence-electron chi connectivity index (χ2n) is 10.2. The van der Waals surface area contributed by atoms with Crippen molar-refractivity contribution in [2.45, 2.75) is 10.3 Å². The fourth-order valence-corrected chi connectivity index (χ4v) is 6.06. The Balaban J connectivity index is 1.28. The molecule has 2 aromatic heterocycles. The van der Waals surface area contributed by atoms with Gasteiger partial charge < -0.3 is 15.2 Å². The van der Waals surface area contributed by atoms with Crippen LogP contribution in [0.4, 0.5) is 5.69 Å². The number of methoxy groups -OCH3 is 1. The highest BCUT2D eigenvalue weighted by molar-refractivity contribution is 8.00. The number of para-hydroxylation sites is 1. The van der Waals surface area contributed by atoms with E-state index in [-0.39, 0.29) is 11.5 Å². The number of amides is 1. The van der Waals surface area contributed by atoms with Crippen LogP contribution in [-0.2, 0) is 4.79 Å². The molecule has 1 unspecified atom stereocenters. The molecule has 0 aliphatic carbocycles. The number of carboxylic acids is 1. The molecule has 8 nitrogen and oxygen atoms in total. The van der Waals surface area contributed by atoms with Crippen molar-refractivity contribution in [1.82, 2.24) is 9.97 Å². The molecule has 6 aromatic rings. The van der Waals surface area contributed by atoms with Gasteiger partial charge in [0.2, 0.25) is 5.91 Å². The Bertz CT molecular complexity index is 2090. The molecule has 2 heterocycles. The number of benzene rings is 4. The minimum absolute atomic E-state index is 0.169. The van der Waals surface area contributed by atoms with Crippen molar-refractivity contribution in [3.8, 4) is 34.3 Å². The van der Waals surface area contributed by atoms with Crippen molar-refractivity contribution < 1.29 is 19.4 Å². The average Bonchev–Trinajstić information content (AvgIpc) is 3.10. The van der Waals surface area contributed by atoms with Crippen LogP contribution in [0.15, 0.2) is 126 Å². The minimum Gasteiger partial charge on any atom is -0.497 e. The third-order valence-electron chi connectivity index (χ3n) is 7.33. The molecular weight excluding hydrogens is 596 g/mol. The Morgan fingerprint density at radius 1 is 0.826 bits per heavy atom. The molecule has 0 spiro atoms. The first-order chi connectivity index (χ1) is 22.4. The highest BCUT2D eigenvalue weighted by atomic mass is 32.2. The molecule has 2 N–H and O–H groups in total. The molecule has 0 saturated carbocycles. The second-order valence-corrected chi connectivity index (χ2v) is 11.3. The molecule has 1 atom stereocenters. The maximum absolute atomic E-state index is 13.8. The van der Waals surface area contributed by atoms with Gasteiger partial charge in [-0.15, -0.1) is 0 Å². The Morgan fingerprint density at radius 2 is 1.50 bits per heavy atom. The largest absolute Gasteiger partial charge is 0.497 e. The summed E-state index contributed by atoms with van der Waals surface area (Å²) in [5.74, 6) is -0.599. The van der Waals surface area contributed by atoms with Crippen molar-refractivity contribution in [2.24, 2.45) is 0 Å². The topological polar surface area (TPSA) is 125 Å². The van der Waals surface area contributed by atoms with E-state index in [9.17, 15) is 20.0 Å². The first kappa shape index (κ1) is 30.1. The van der Waals surface area contributed by atoms with E-state index in [1.807, 2.05) is 60.7 Å². The lowest BCUT2D eigenvalue weighted by atomic mass is 10.0. The van der Waals surface area contributed by atoms with E-state index in [0.29, 0.717) is 44.1 Å². The number of nitrogens with zero attached hydrogens (tertiary/aromatic N) is 3. The van der Waals surface area contributed by atoms with Crippen LogP contribution < -0.4 is 10.1 Å². The van der Waals surface area contributed by atoms with Crippen molar-refractivity contribution in [3.05, 3.63) is 138 Å². The Kier molecular flexibility index (Phi) is 8.72. The number of rotatable bonds is 9. The molecule has 46 heavy (non-hydrogen) atoms. The van der Waals surface area contributed by atoms with Crippen molar-refractivity contribution in [2.75, 3.05) is 12.4 Å². The van der Waals surface area contributed by atoms with Gasteiger partial charge in [-0.1, -0.05) is 72.4 Å². The van der Waals surface area contributed by atoms with Crippen molar-refractivity contribution in [1.29, 1.82) is 5.26 Å². The van der Waals surface area contributed by atoms with E-state index in [4.69, 9.17) is 9.72 Å². The summed E-state index contributed by atoms with van der Waals surface area (Å²) in [6.45, 7) is 0. The molecular formula is C37H26N4O4S. The fourth-order valence-electron chi connectivity index (χ4n) is 4.98. The summed E-state index contributed by atoms with van der Waals surface area (Å²) in [5.41, 5.74) is 5.16. The Labute approximate surface area is 269 Å². The summed E-state index contributed by atoms with van der Waals surface area (Å²) in [4.78, 5) is 35.2. The number of hydrogen-bond donors (Lipinski definition) is 2. The van der Waals surface area contributed by atoms with Gasteiger partial charge >= 0.3 is 5.97 Å². The van der Waals surface area contributed by atoms with Crippen LogP contribution >= 0.6 is 11.8 Å². The number of fused-ring (bicyclic) bond motifs is 1. The molecule has 224 valence electrons. The van der Waals surface area contributed by atoms with E-state index in [1.165, 1.54) is 11.8 Å². The lowest BCUT2D eigenvalue weighted by Gasteiger charge is -2.18. The molecule has 0 aliphatic rings. The highest BCUT2D eigenvalue weighted by Crippen LogP contribution is 2.38. The summed E-state index contributed by atoms with van der Waals surface area (Å²) < 4.78 is 5.26. The van der Waals surface area contributed by atoms with Gasteiger partial charge in [0.05, 0.1) is 35.1 Å². The van der Waals surface area contributed by atoms with Gasteiger partial charge in [0.1, 0.15) is 22.1 Å². The first-order valence-corrected chi connectivity index (χ1v) is 15.1. The van der Waals surface area contributed by atoms with Crippen LogP contribution in [-0.4, -0.2) is 34.1 Å². The molecule has 0 bridgehead atoms. The van der Waals surface area contributed by atoms with E-state index in [1.54, 1.807) is 67.8 Å². The molecule has 1 amide bonds. The highest BCUT2D eigenvalue weighted by Gasteiger charge is 2.25. The SMILES string of the molecule is COc1ccc(-c2ccc(C#N)c(SC(C(=O)Nc3ccc(-c4cc(C(=O)O)c5ccccc5n4)cc3)c3ccccc3)n2)cc1. The van der Waals surface area contributed by atoms with Crippen molar-refractivity contribution in [3.63, 3.8) is 0 Å². The fraction of sp³-hybridized carbons (Fsp3) is 0.0541. The summed E-state index contributed by atoms with van der Waals surface area (Å²) in [5, 5.41) is 22.9. The number of hydrogen-bond acceptors (Lipinski definition) is 7. The number of carbonyl (C=O) groups excluding carboxylic acids is 1. The first-order valence-electron chi connectivity index (χ1n) is 14.2. The molecule has 0 aliphatic heterocycles. The number of carbonyl (C=O) groups is 2. The Hall–Kier alpha value is -5.98. The summed E-state index contributed by atoms with van der Waals surface area (Å²) in [6, 6.07) is 38.2. The standard InChI is InChI=1S/C37H26N4O4S/c1-45-28-18-13-23(14-19-28)31-20-15-26(22-38)36(41-31)46-34(25-7-3-2-4-8-25)35(42)39-27-16-11-24(12-17-27)33-21-30(37(43)44)29-9-5-6-10-32(29)40-33/h2-21,34H,1H3,(H,39,42)(H,43,44).